The number of rotatable bonds is 6. The van der Waals surface area contributed by atoms with Crippen molar-refractivity contribution in [1.82, 2.24) is 0 Å². The number of ether oxygens (including phenoxy) is 1. The molecule has 0 unspecified atom stereocenters. The van der Waals surface area contributed by atoms with Crippen LogP contribution in [0.3, 0.4) is 0 Å². The second-order valence-corrected chi connectivity index (χ2v) is 4.16. The third kappa shape index (κ3) is 4.35. The molecule has 0 spiro atoms. The number of oxime groups is 1. The van der Waals surface area contributed by atoms with Crippen LogP contribution >= 0.6 is 0 Å². The van der Waals surface area contributed by atoms with Crippen molar-refractivity contribution in [2.24, 2.45) is 5.16 Å². The lowest BCUT2D eigenvalue weighted by atomic mass is 10.1. The fourth-order valence-electron chi connectivity index (χ4n) is 1.62. The van der Waals surface area contributed by atoms with Gasteiger partial charge in [0.2, 0.25) is 0 Å². The van der Waals surface area contributed by atoms with Crippen molar-refractivity contribution in [1.29, 1.82) is 0 Å². The summed E-state index contributed by atoms with van der Waals surface area (Å²) in [6.45, 7) is 2.54. The molecule has 2 rings (SSSR count). The highest BCUT2D eigenvalue weighted by Crippen LogP contribution is 2.17. The number of aromatic carboxylic acids is 1. The molecule has 2 aromatic carbocycles. The van der Waals surface area contributed by atoms with Gasteiger partial charge in [-0.15, -0.1) is 0 Å². The van der Waals surface area contributed by atoms with Gasteiger partial charge in [-0.25, -0.2) is 4.79 Å². The van der Waals surface area contributed by atoms with E-state index in [0.29, 0.717) is 12.4 Å². The number of carbonyl (C=O) groups is 1. The molecule has 0 saturated heterocycles. The van der Waals surface area contributed by atoms with E-state index in [4.69, 9.17) is 14.7 Å². The predicted octanol–water partition coefficient (Wildman–Crippen LogP) is 3.20. The molecule has 0 fully saturated rings. The zero-order valence-corrected chi connectivity index (χ0v) is 11.5. The summed E-state index contributed by atoms with van der Waals surface area (Å²) >= 11 is 0. The average molecular weight is 285 g/mol. The van der Waals surface area contributed by atoms with Crippen molar-refractivity contribution in [3.8, 4) is 11.5 Å². The van der Waals surface area contributed by atoms with Crippen LogP contribution in [0.2, 0.25) is 0 Å². The fraction of sp³-hybridized carbons (Fsp3) is 0.125. The first kappa shape index (κ1) is 14.6. The van der Waals surface area contributed by atoms with Crippen LogP contribution in [0.1, 0.15) is 22.8 Å². The van der Waals surface area contributed by atoms with Gasteiger partial charge in [0.1, 0.15) is 5.75 Å². The molecule has 0 radical (unpaired) electrons. The third-order valence-electron chi connectivity index (χ3n) is 2.65. The van der Waals surface area contributed by atoms with Crippen molar-refractivity contribution in [3.63, 3.8) is 0 Å². The molecule has 0 aliphatic carbocycles. The molecule has 0 aliphatic rings. The Morgan fingerprint density at radius 3 is 2.29 bits per heavy atom. The number of benzene rings is 2. The molecule has 0 saturated carbocycles. The lowest BCUT2D eigenvalue weighted by Crippen LogP contribution is -1.96. The molecule has 0 bridgehead atoms. The van der Waals surface area contributed by atoms with E-state index in [2.05, 4.69) is 5.16 Å². The van der Waals surface area contributed by atoms with Gasteiger partial charge in [-0.1, -0.05) is 17.3 Å². The smallest absolute Gasteiger partial charge is 0.335 e. The SMILES string of the molecule is CCOc1ccc(ON=Cc2ccc(C(=O)O)cc2)cc1. The minimum absolute atomic E-state index is 0.236. The summed E-state index contributed by atoms with van der Waals surface area (Å²) < 4.78 is 5.32. The molecule has 2 aromatic rings. The molecule has 0 atom stereocenters. The highest BCUT2D eigenvalue weighted by Gasteiger charge is 2.00. The highest BCUT2D eigenvalue weighted by atomic mass is 16.6. The number of carboxylic acids is 1. The molecule has 108 valence electrons. The van der Waals surface area contributed by atoms with Gasteiger partial charge in [0.05, 0.1) is 18.4 Å². The second-order valence-electron chi connectivity index (χ2n) is 4.16. The zero-order chi connectivity index (χ0) is 15.1. The Morgan fingerprint density at radius 2 is 1.71 bits per heavy atom. The van der Waals surface area contributed by atoms with Gasteiger partial charge in [-0.3, -0.25) is 0 Å². The maximum absolute atomic E-state index is 10.7. The summed E-state index contributed by atoms with van der Waals surface area (Å²) in [4.78, 5) is 15.9. The number of carboxylic acid groups (broad SMARTS) is 1. The van der Waals surface area contributed by atoms with E-state index < -0.39 is 5.97 Å². The third-order valence-corrected chi connectivity index (χ3v) is 2.65. The Hall–Kier alpha value is -2.82. The normalized spacial score (nSPS) is 10.5. The van der Waals surface area contributed by atoms with Crippen LogP contribution in [0.15, 0.2) is 53.7 Å². The van der Waals surface area contributed by atoms with Crippen molar-refractivity contribution in [2.45, 2.75) is 6.92 Å². The summed E-state index contributed by atoms with van der Waals surface area (Å²) in [6, 6.07) is 13.5. The van der Waals surface area contributed by atoms with Gasteiger partial charge in [0.15, 0.2) is 5.75 Å². The van der Waals surface area contributed by atoms with Crippen LogP contribution in [0.25, 0.3) is 0 Å². The van der Waals surface area contributed by atoms with E-state index >= 15 is 0 Å². The maximum Gasteiger partial charge on any atom is 0.335 e. The monoisotopic (exact) mass is 285 g/mol. The van der Waals surface area contributed by atoms with E-state index in [1.807, 2.05) is 6.92 Å². The molecule has 0 aliphatic heterocycles. The van der Waals surface area contributed by atoms with Crippen molar-refractivity contribution in [3.05, 3.63) is 59.7 Å². The van der Waals surface area contributed by atoms with Crippen LogP contribution in [-0.2, 0) is 0 Å². The molecular formula is C16H15NO4. The Bertz CT molecular complexity index is 618. The van der Waals surface area contributed by atoms with E-state index in [9.17, 15) is 4.79 Å². The largest absolute Gasteiger partial charge is 0.494 e. The summed E-state index contributed by atoms with van der Waals surface area (Å²) in [7, 11) is 0. The van der Waals surface area contributed by atoms with Crippen LogP contribution in [-0.4, -0.2) is 23.9 Å². The summed E-state index contributed by atoms with van der Waals surface area (Å²) in [6.07, 6.45) is 1.52. The first-order valence-electron chi connectivity index (χ1n) is 6.45. The maximum atomic E-state index is 10.7. The lowest BCUT2D eigenvalue weighted by molar-refractivity contribution is 0.0697. The van der Waals surface area contributed by atoms with Crippen LogP contribution < -0.4 is 9.57 Å². The van der Waals surface area contributed by atoms with Crippen LogP contribution in [0.4, 0.5) is 0 Å². The van der Waals surface area contributed by atoms with Gasteiger partial charge in [-0.05, 0) is 48.9 Å². The highest BCUT2D eigenvalue weighted by molar-refractivity contribution is 5.89. The van der Waals surface area contributed by atoms with Crippen LogP contribution in [0.5, 0.6) is 11.5 Å². The minimum Gasteiger partial charge on any atom is -0.494 e. The minimum atomic E-state index is -0.955. The second kappa shape index (κ2) is 7.09. The van der Waals surface area contributed by atoms with Gasteiger partial charge >= 0.3 is 5.97 Å². The molecule has 0 aromatic heterocycles. The molecule has 21 heavy (non-hydrogen) atoms. The van der Waals surface area contributed by atoms with Gasteiger partial charge < -0.3 is 14.7 Å². The number of hydrogen-bond donors (Lipinski definition) is 1. The quantitative estimate of drug-likeness (QED) is 0.653. The van der Waals surface area contributed by atoms with Crippen molar-refractivity contribution >= 4 is 12.2 Å². The summed E-state index contributed by atoms with van der Waals surface area (Å²) in [5, 5.41) is 12.6. The molecule has 0 amide bonds. The summed E-state index contributed by atoms with van der Waals surface area (Å²) in [5.41, 5.74) is 0.991. The lowest BCUT2D eigenvalue weighted by Gasteiger charge is -2.03. The zero-order valence-electron chi connectivity index (χ0n) is 11.5. The summed E-state index contributed by atoms with van der Waals surface area (Å²) in [5.74, 6) is 0.416. The van der Waals surface area contributed by atoms with Crippen molar-refractivity contribution in [2.75, 3.05) is 6.61 Å². The molecule has 5 nitrogen and oxygen atoms in total. The number of hydrogen-bond acceptors (Lipinski definition) is 4. The van der Waals surface area contributed by atoms with E-state index in [-0.39, 0.29) is 5.56 Å². The van der Waals surface area contributed by atoms with E-state index in [1.165, 1.54) is 18.3 Å². The standard InChI is InChI=1S/C16H15NO4/c1-2-20-14-7-9-15(10-8-14)21-17-11-12-3-5-13(6-4-12)16(18)19/h3-11H,2H2,1H3,(H,18,19). The predicted molar refractivity (Wildman–Crippen MR) is 79.2 cm³/mol. The van der Waals surface area contributed by atoms with Crippen molar-refractivity contribution < 1.29 is 19.5 Å². The molecule has 5 heteroatoms. The fourth-order valence-corrected chi connectivity index (χ4v) is 1.62. The molecule has 0 heterocycles. The Labute approximate surface area is 122 Å². The molecular weight excluding hydrogens is 270 g/mol. The first-order chi connectivity index (χ1) is 10.2. The molecule has 1 N–H and O–H groups in total. The van der Waals surface area contributed by atoms with Gasteiger partial charge in [0.25, 0.3) is 0 Å². The first-order valence-corrected chi connectivity index (χ1v) is 6.45. The Morgan fingerprint density at radius 1 is 1.10 bits per heavy atom. The topological polar surface area (TPSA) is 68.1 Å². The van der Waals surface area contributed by atoms with Crippen LogP contribution in [0, 0.1) is 0 Å². The van der Waals surface area contributed by atoms with Gasteiger partial charge in [0, 0.05) is 0 Å². The van der Waals surface area contributed by atoms with Gasteiger partial charge in [-0.2, -0.15) is 0 Å². The Kier molecular flexibility index (Phi) is 4.93. The average Bonchev–Trinajstić information content (AvgIpc) is 2.50. The van der Waals surface area contributed by atoms with E-state index in [0.717, 1.165) is 11.3 Å². The number of nitrogens with zero attached hydrogens (tertiary/aromatic N) is 1. The Balaban J connectivity index is 1.93. The van der Waals surface area contributed by atoms with E-state index in [1.54, 1.807) is 36.4 Å².